The van der Waals surface area contributed by atoms with Crippen molar-refractivity contribution in [3.8, 4) is 0 Å². The van der Waals surface area contributed by atoms with Crippen molar-refractivity contribution >= 4 is 11.6 Å². The van der Waals surface area contributed by atoms with Gasteiger partial charge in [0.25, 0.3) is 0 Å². The van der Waals surface area contributed by atoms with Gasteiger partial charge in [-0.2, -0.15) is 0 Å². The van der Waals surface area contributed by atoms with Crippen molar-refractivity contribution in [3.63, 3.8) is 0 Å². The van der Waals surface area contributed by atoms with Gasteiger partial charge in [-0.15, -0.1) is 0 Å². The molecule has 0 saturated carbocycles. The molecule has 0 fully saturated rings. The van der Waals surface area contributed by atoms with Crippen LogP contribution in [0, 0.1) is 0 Å². The number of halogens is 1. The zero-order valence-corrected chi connectivity index (χ0v) is 14.3. The van der Waals surface area contributed by atoms with Gasteiger partial charge in [0.2, 0.25) is 0 Å². The van der Waals surface area contributed by atoms with Crippen molar-refractivity contribution in [2.45, 2.75) is 19.0 Å². The summed E-state index contributed by atoms with van der Waals surface area (Å²) in [4.78, 5) is 1.60. The molecule has 0 saturated heterocycles. The van der Waals surface area contributed by atoms with Crippen LogP contribution >= 0.6 is 11.6 Å². The third-order valence-electron chi connectivity index (χ3n) is 5.00. The lowest BCUT2D eigenvalue weighted by Gasteiger charge is -2.33. The van der Waals surface area contributed by atoms with E-state index < -0.39 is 0 Å². The summed E-state index contributed by atoms with van der Waals surface area (Å²) in [5, 5.41) is 0.796. The smallest absolute Gasteiger partial charge is 0.139 e. The minimum atomic E-state index is 0.344. The highest BCUT2D eigenvalue weighted by Gasteiger charge is 2.29. The number of quaternary nitrogens is 1. The van der Waals surface area contributed by atoms with Gasteiger partial charge in [0.1, 0.15) is 12.6 Å². The molecule has 1 unspecified atom stereocenters. The fourth-order valence-electron chi connectivity index (χ4n) is 3.81. The van der Waals surface area contributed by atoms with E-state index in [1.54, 1.807) is 4.90 Å². The Labute approximate surface area is 148 Å². The van der Waals surface area contributed by atoms with Crippen LogP contribution in [0.4, 0.5) is 0 Å². The van der Waals surface area contributed by atoms with Crippen molar-refractivity contribution < 1.29 is 4.90 Å². The van der Waals surface area contributed by atoms with Crippen LogP contribution in [0.2, 0.25) is 5.02 Å². The number of fused-ring (bicyclic) bond motifs is 1. The van der Waals surface area contributed by atoms with E-state index in [1.165, 1.54) is 22.3 Å². The molecule has 0 spiro atoms. The van der Waals surface area contributed by atoms with Gasteiger partial charge in [0.15, 0.2) is 0 Å². The van der Waals surface area contributed by atoms with E-state index in [-0.39, 0.29) is 0 Å². The van der Waals surface area contributed by atoms with Gasteiger partial charge in [-0.1, -0.05) is 78.3 Å². The lowest BCUT2D eigenvalue weighted by atomic mass is 9.92. The molecular weight excluding hydrogens is 314 g/mol. The molecule has 3 aromatic carbocycles. The maximum atomic E-state index is 6.11. The lowest BCUT2D eigenvalue weighted by molar-refractivity contribution is -0.941. The van der Waals surface area contributed by atoms with Crippen LogP contribution < -0.4 is 4.90 Å². The van der Waals surface area contributed by atoms with Crippen LogP contribution in [0.5, 0.6) is 0 Å². The summed E-state index contributed by atoms with van der Waals surface area (Å²) in [6.45, 7) is 2.22. The Morgan fingerprint density at radius 1 is 0.708 bits per heavy atom. The third kappa shape index (κ3) is 3.10. The van der Waals surface area contributed by atoms with Gasteiger partial charge >= 0.3 is 0 Å². The number of rotatable bonds is 3. The molecule has 0 amide bonds. The molecule has 1 heterocycles. The molecule has 120 valence electrons. The summed E-state index contributed by atoms with van der Waals surface area (Å²) in [5.41, 5.74) is 5.69. The Hall–Kier alpha value is -2.09. The zero-order chi connectivity index (χ0) is 16.4. The van der Waals surface area contributed by atoms with Crippen molar-refractivity contribution in [3.05, 3.63) is 106 Å². The highest BCUT2D eigenvalue weighted by Crippen LogP contribution is 2.23. The molecule has 1 nitrogen and oxygen atoms in total. The van der Waals surface area contributed by atoms with E-state index in [9.17, 15) is 0 Å². The van der Waals surface area contributed by atoms with E-state index in [4.69, 9.17) is 11.6 Å². The Balaban J connectivity index is 1.72. The Kier molecular flexibility index (Phi) is 4.38. The van der Waals surface area contributed by atoms with E-state index in [0.29, 0.717) is 6.04 Å². The minimum absolute atomic E-state index is 0.344. The molecular formula is C22H21ClN+. The molecule has 24 heavy (non-hydrogen) atoms. The molecule has 4 rings (SSSR count). The van der Waals surface area contributed by atoms with E-state index >= 15 is 0 Å². The Bertz CT molecular complexity index is 811. The van der Waals surface area contributed by atoms with Gasteiger partial charge < -0.3 is 4.90 Å². The number of benzene rings is 3. The number of hydrogen-bond donors (Lipinski definition) is 1. The Morgan fingerprint density at radius 3 is 2.08 bits per heavy atom. The first-order valence-electron chi connectivity index (χ1n) is 8.53. The molecule has 3 aromatic rings. The van der Waals surface area contributed by atoms with Gasteiger partial charge in [0, 0.05) is 28.1 Å². The average molecular weight is 335 g/mol. The first-order valence-corrected chi connectivity index (χ1v) is 8.91. The predicted molar refractivity (Wildman–Crippen MR) is 99.4 cm³/mol. The van der Waals surface area contributed by atoms with Crippen LogP contribution in [0.25, 0.3) is 0 Å². The second-order valence-corrected chi connectivity index (χ2v) is 6.94. The fraction of sp³-hybridized carbons (Fsp3) is 0.182. The van der Waals surface area contributed by atoms with Gasteiger partial charge in [-0.05, 0) is 17.7 Å². The largest absolute Gasteiger partial charge is 0.321 e. The van der Waals surface area contributed by atoms with Crippen molar-refractivity contribution in [1.82, 2.24) is 0 Å². The highest BCUT2D eigenvalue weighted by atomic mass is 35.5. The highest BCUT2D eigenvalue weighted by molar-refractivity contribution is 6.30. The van der Waals surface area contributed by atoms with Crippen molar-refractivity contribution in [2.24, 2.45) is 0 Å². The standard InChI is InChI=1S/C22H20ClN/c23-21-12-10-19(11-13-21)22(18-7-2-1-3-8-18)24-15-14-17-6-4-5-9-20(17)16-24/h1-13,22H,14-16H2/p+1/t22-/m1/s1. The summed E-state index contributed by atoms with van der Waals surface area (Å²) in [6, 6.07) is 28.4. The quantitative estimate of drug-likeness (QED) is 0.736. The van der Waals surface area contributed by atoms with Gasteiger partial charge in [-0.25, -0.2) is 0 Å². The van der Waals surface area contributed by atoms with E-state index in [1.807, 2.05) is 12.1 Å². The molecule has 1 N–H and O–H groups in total. The number of nitrogens with one attached hydrogen (secondary N) is 1. The average Bonchev–Trinajstić information content (AvgIpc) is 2.64. The first-order chi connectivity index (χ1) is 11.8. The normalized spacial score (nSPS) is 18.0. The van der Waals surface area contributed by atoms with E-state index in [0.717, 1.165) is 24.5 Å². The second kappa shape index (κ2) is 6.80. The van der Waals surface area contributed by atoms with Gasteiger partial charge in [-0.3, -0.25) is 0 Å². The summed E-state index contributed by atoms with van der Waals surface area (Å²) in [6.07, 6.45) is 1.14. The van der Waals surface area contributed by atoms with Crippen LogP contribution in [-0.2, 0) is 13.0 Å². The zero-order valence-electron chi connectivity index (χ0n) is 13.6. The lowest BCUT2D eigenvalue weighted by Crippen LogP contribution is -3.12. The van der Waals surface area contributed by atoms with Crippen LogP contribution in [-0.4, -0.2) is 6.54 Å². The fourth-order valence-corrected chi connectivity index (χ4v) is 3.94. The molecule has 0 bridgehead atoms. The first kappa shape index (κ1) is 15.4. The summed E-state index contributed by atoms with van der Waals surface area (Å²) in [7, 11) is 0. The van der Waals surface area contributed by atoms with Crippen molar-refractivity contribution in [2.75, 3.05) is 6.54 Å². The molecule has 1 aliphatic rings. The third-order valence-corrected chi connectivity index (χ3v) is 5.25. The summed E-state index contributed by atoms with van der Waals surface area (Å²) < 4.78 is 0. The number of hydrogen-bond acceptors (Lipinski definition) is 0. The SMILES string of the molecule is Clc1ccc([C@@H](c2ccccc2)[NH+]2CCc3ccccc3C2)cc1. The van der Waals surface area contributed by atoms with E-state index in [2.05, 4.69) is 66.7 Å². The van der Waals surface area contributed by atoms with Crippen molar-refractivity contribution in [1.29, 1.82) is 0 Å². The second-order valence-electron chi connectivity index (χ2n) is 6.50. The van der Waals surface area contributed by atoms with Crippen LogP contribution in [0.15, 0.2) is 78.9 Å². The topological polar surface area (TPSA) is 4.44 Å². The maximum Gasteiger partial charge on any atom is 0.139 e. The summed E-state index contributed by atoms with van der Waals surface area (Å²) >= 11 is 6.11. The monoisotopic (exact) mass is 334 g/mol. The molecule has 2 atom stereocenters. The molecule has 0 aromatic heterocycles. The van der Waals surface area contributed by atoms with Gasteiger partial charge in [0.05, 0.1) is 6.54 Å². The summed E-state index contributed by atoms with van der Waals surface area (Å²) in [5.74, 6) is 0. The molecule has 0 aliphatic carbocycles. The molecule has 2 heteroatoms. The van der Waals surface area contributed by atoms with Crippen LogP contribution in [0.1, 0.15) is 28.3 Å². The maximum absolute atomic E-state index is 6.11. The molecule has 0 radical (unpaired) electrons. The van der Waals surface area contributed by atoms with Crippen LogP contribution in [0.3, 0.4) is 0 Å². The molecule has 1 aliphatic heterocycles. The predicted octanol–water partition coefficient (Wildman–Crippen LogP) is 4.07. The Morgan fingerprint density at radius 2 is 1.33 bits per heavy atom. The minimum Gasteiger partial charge on any atom is -0.321 e.